The Morgan fingerprint density at radius 1 is 0.327 bits per heavy atom. The Bertz CT molecular complexity index is 1590. The maximum absolute atomic E-state index is 4.25. The van der Waals surface area contributed by atoms with Gasteiger partial charge in [0.05, 0.1) is 5.69 Å². The highest BCUT2D eigenvalue weighted by molar-refractivity contribution is 5.51. The van der Waals surface area contributed by atoms with Crippen LogP contribution in [0.4, 0.5) is 0 Å². The summed E-state index contributed by atoms with van der Waals surface area (Å²) in [6.45, 7) is 44.1. The predicted molar refractivity (Wildman–Crippen MR) is 238 cm³/mol. The second-order valence-corrected chi connectivity index (χ2v) is 19.5. The van der Waals surface area contributed by atoms with Crippen molar-refractivity contribution in [3.05, 3.63) is 148 Å². The van der Waals surface area contributed by atoms with Gasteiger partial charge in [-0.05, 0) is 126 Å². The van der Waals surface area contributed by atoms with Gasteiger partial charge in [0.15, 0.2) is 0 Å². The summed E-state index contributed by atoms with van der Waals surface area (Å²) in [6, 6.07) is 14.2. The van der Waals surface area contributed by atoms with Gasteiger partial charge in [-0.1, -0.05) is 116 Å². The van der Waals surface area contributed by atoms with E-state index >= 15 is 0 Å². The molecule has 5 rings (SSSR count). The third kappa shape index (κ3) is 17.0. The molecule has 0 bridgehead atoms. The van der Waals surface area contributed by atoms with Gasteiger partial charge in [0.1, 0.15) is 0 Å². The number of aromatic nitrogens is 5. The zero-order chi connectivity index (χ0) is 42.4. The first-order valence-corrected chi connectivity index (χ1v) is 19.7. The highest BCUT2D eigenvalue weighted by atomic mass is 14.8. The first-order chi connectivity index (χ1) is 25.1. The van der Waals surface area contributed by atoms with Crippen LogP contribution >= 0.6 is 0 Å². The average Bonchev–Trinajstić information content (AvgIpc) is 3.11. The van der Waals surface area contributed by atoms with Crippen LogP contribution in [0, 0.1) is 34.6 Å². The van der Waals surface area contributed by atoms with E-state index in [0.29, 0.717) is 0 Å². The summed E-state index contributed by atoms with van der Waals surface area (Å²) in [6.07, 6.45) is 14.4. The van der Waals surface area contributed by atoms with E-state index in [9.17, 15) is 0 Å². The van der Waals surface area contributed by atoms with E-state index in [1.165, 1.54) is 44.5 Å². The molecule has 0 aliphatic rings. The maximum Gasteiger partial charge on any atom is 0.0640 e. The van der Waals surface area contributed by atoms with Crippen molar-refractivity contribution >= 4 is 0 Å². The van der Waals surface area contributed by atoms with Crippen molar-refractivity contribution in [1.82, 2.24) is 24.9 Å². The summed E-state index contributed by atoms with van der Waals surface area (Å²) in [7, 11) is 0. The van der Waals surface area contributed by atoms with Crippen LogP contribution in [-0.2, 0) is 27.1 Å². The lowest BCUT2D eigenvalue weighted by molar-refractivity contribution is 0.565. The molecule has 1 aromatic carbocycles. The molecule has 0 saturated carbocycles. The molecule has 0 unspecified atom stereocenters. The minimum absolute atomic E-state index is 0.119. The molecule has 5 nitrogen and oxygen atoms in total. The van der Waals surface area contributed by atoms with Gasteiger partial charge in [-0.15, -0.1) is 0 Å². The van der Waals surface area contributed by atoms with Crippen molar-refractivity contribution in [3.63, 3.8) is 0 Å². The molecule has 4 heterocycles. The smallest absolute Gasteiger partial charge is 0.0640 e. The van der Waals surface area contributed by atoms with Crippen molar-refractivity contribution < 1.29 is 0 Å². The van der Waals surface area contributed by atoms with E-state index in [1.807, 2.05) is 43.0 Å². The van der Waals surface area contributed by atoms with Gasteiger partial charge in [0.25, 0.3) is 0 Å². The first kappa shape index (κ1) is 48.8. The highest BCUT2D eigenvalue weighted by Gasteiger charge is 2.22. The summed E-state index contributed by atoms with van der Waals surface area (Å²) in [5.41, 5.74) is 14.7. The van der Waals surface area contributed by atoms with Gasteiger partial charge < -0.3 is 0 Å². The van der Waals surface area contributed by atoms with Gasteiger partial charge in [-0.3, -0.25) is 24.9 Å². The molecule has 55 heavy (non-hydrogen) atoms. The summed E-state index contributed by atoms with van der Waals surface area (Å²) in [4.78, 5) is 20.4. The first-order valence-electron chi connectivity index (χ1n) is 19.7. The number of hydrogen-bond acceptors (Lipinski definition) is 5. The Hall–Kier alpha value is -4.25. The van der Waals surface area contributed by atoms with E-state index in [1.54, 1.807) is 24.8 Å². The van der Waals surface area contributed by atoms with Crippen LogP contribution in [0.5, 0.6) is 0 Å². The Morgan fingerprint density at radius 3 is 1.09 bits per heavy atom. The third-order valence-electron chi connectivity index (χ3n) is 9.59. The van der Waals surface area contributed by atoms with Gasteiger partial charge in [0.2, 0.25) is 0 Å². The molecule has 0 N–H and O–H groups in total. The molecule has 5 aromatic rings. The molecule has 0 atom stereocenters. The van der Waals surface area contributed by atoms with Crippen LogP contribution in [0.15, 0.2) is 92.0 Å². The van der Waals surface area contributed by atoms with E-state index in [-0.39, 0.29) is 27.1 Å². The Kier molecular flexibility index (Phi) is 18.3. The summed E-state index contributed by atoms with van der Waals surface area (Å²) in [5, 5.41) is 0. The number of pyridine rings is 3. The van der Waals surface area contributed by atoms with Crippen LogP contribution < -0.4 is 0 Å². The fraction of sp³-hybridized carbons (Fsp3) is 0.500. The van der Waals surface area contributed by atoms with Crippen LogP contribution in [0.1, 0.15) is 160 Å². The number of nitrogens with zero attached hydrogens (tertiary/aromatic N) is 5. The van der Waals surface area contributed by atoms with Crippen molar-refractivity contribution in [2.24, 2.45) is 0 Å². The zero-order valence-electron chi connectivity index (χ0n) is 38.4. The predicted octanol–water partition coefficient (Wildman–Crippen LogP) is 13.4. The van der Waals surface area contributed by atoms with E-state index in [2.05, 4.69) is 188 Å². The van der Waals surface area contributed by atoms with Crippen molar-refractivity contribution in [3.8, 4) is 0 Å². The molecule has 0 amide bonds. The minimum Gasteiger partial charge on any atom is -0.265 e. The highest BCUT2D eigenvalue weighted by Crippen LogP contribution is 2.34. The van der Waals surface area contributed by atoms with Gasteiger partial charge in [0, 0.05) is 66.1 Å². The second-order valence-electron chi connectivity index (χ2n) is 19.5. The Labute approximate surface area is 337 Å². The number of rotatable bonds is 0. The summed E-state index contributed by atoms with van der Waals surface area (Å²) < 4.78 is 0. The SMILES string of the molecule is CC(C)(C)c1ccccn1.CC(C)(C)c1cccnc1.CC(C)(C)c1ccncc1.CC(C)(C)c1cnccn1.Cc1c(C)c(C)c(C(C)(C)C)c(C)c1C. The minimum atomic E-state index is 0.119. The molecule has 5 heteroatoms. The van der Waals surface area contributed by atoms with Gasteiger partial charge in [-0.2, -0.15) is 0 Å². The zero-order valence-corrected chi connectivity index (χ0v) is 38.4. The average molecular weight is 746 g/mol. The van der Waals surface area contributed by atoms with Crippen LogP contribution in [-0.4, -0.2) is 24.9 Å². The Balaban J connectivity index is 0.000000348. The van der Waals surface area contributed by atoms with Crippen molar-refractivity contribution in [2.45, 2.75) is 166 Å². The van der Waals surface area contributed by atoms with E-state index < -0.39 is 0 Å². The van der Waals surface area contributed by atoms with Crippen LogP contribution in [0.25, 0.3) is 0 Å². The van der Waals surface area contributed by atoms with E-state index in [0.717, 1.165) is 11.4 Å². The molecule has 0 aliphatic carbocycles. The molecule has 0 aliphatic heterocycles. The topological polar surface area (TPSA) is 64.5 Å². The normalized spacial score (nSPS) is 11.6. The molecule has 0 fully saturated rings. The molecule has 0 radical (unpaired) electrons. The largest absolute Gasteiger partial charge is 0.265 e. The molecule has 4 aromatic heterocycles. The monoisotopic (exact) mass is 746 g/mol. The molecule has 0 spiro atoms. The van der Waals surface area contributed by atoms with E-state index in [4.69, 9.17) is 0 Å². The molecule has 300 valence electrons. The lowest BCUT2D eigenvalue weighted by atomic mass is 9.77. The van der Waals surface area contributed by atoms with Crippen molar-refractivity contribution in [1.29, 1.82) is 0 Å². The molecule has 0 saturated heterocycles. The summed E-state index contributed by atoms with van der Waals surface area (Å²) in [5.74, 6) is 0. The van der Waals surface area contributed by atoms with Crippen LogP contribution in [0.2, 0.25) is 0 Å². The van der Waals surface area contributed by atoms with Gasteiger partial charge >= 0.3 is 0 Å². The van der Waals surface area contributed by atoms with Gasteiger partial charge in [-0.25, -0.2) is 0 Å². The van der Waals surface area contributed by atoms with Crippen molar-refractivity contribution in [2.75, 3.05) is 0 Å². The van der Waals surface area contributed by atoms with Crippen LogP contribution in [0.3, 0.4) is 0 Å². The molecular weight excluding hydrogens is 671 g/mol. The summed E-state index contributed by atoms with van der Waals surface area (Å²) >= 11 is 0. The third-order valence-corrected chi connectivity index (χ3v) is 9.59. The lowest BCUT2D eigenvalue weighted by Crippen LogP contribution is -2.17. The standard InChI is InChI=1S/C15H24.3C9H13N.C8H12N2/c1-9-10(2)12(4)14(15(6,7)8)13(5)11(9)3;1-9(2,3)8-4-6-10-7-5-8;1-9(2,3)8-5-4-6-10-7-8;1-9(2,3)8-6-4-5-7-10-8;1-8(2,3)7-6-9-4-5-10-7/h1-8H3;3*4-7H,1-3H3;4-6H,1-3H3. The fourth-order valence-corrected chi connectivity index (χ4v) is 5.78. The number of hydrogen-bond donors (Lipinski definition) is 0. The fourth-order valence-electron chi connectivity index (χ4n) is 5.78. The molecular formula is C50H75N5. The quantitative estimate of drug-likeness (QED) is 0.158. The Morgan fingerprint density at radius 2 is 0.800 bits per heavy atom. The maximum atomic E-state index is 4.25. The second kappa shape index (κ2) is 20.6. The lowest BCUT2D eigenvalue weighted by Gasteiger charge is -2.28. The number of benzene rings is 1.